The summed E-state index contributed by atoms with van der Waals surface area (Å²) in [6, 6.07) is 11.7. The van der Waals surface area contributed by atoms with Crippen LogP contribution in [0.2, 0.25) is 0 Å². The van der Waals surface area contributed by atoms with Gasteiger partial charge in [-0.25, -0.2) is 4.39 Å². The van der Waals surface area contributed by atoms with E-state index in [9.17, 15) is 9.18 Å². The minimum Gasteiger partial charge on any atom is -0.354 e. The fraction of sp³-hybridized carbons (Fsp3) is 0.0667. The largest absolute Gasteiger partial charge is 0.354 e. The van der Waals surface area contributed by atoms with Crippen molar-refractivity contribution in [2.75, 3.05) is 7.05 Å². The summed E-state index contributed by atoms with van der Waals surface area (Å²) in [5.74, 6) is -0.693. The van der Waals surface area contributed by atoms with E-state index in [1.807, 2.05) is 18.2 Å². The molecule has 2 rings (SSSR count). The van der Waals surface area contributed by atoms with Gasteiger partial charge in [-0.3, -0.25) is 4.79 Å². The highest BCUT2D eigenvalue weighted by molar-refractivity contribution is 7.16. The third kappa shape index (κ3) is 3.11. The number of nitriles is 1. The van der Waals surface area contributed by atoms with Crippen molar-refractivity contribution in [3.63, 3.8) is 0 Å². The lowest BCUT2D eigenvalue weighted by Gasteiger charge is -1.96. The Hall–Kier alpha value is -2.45. The first-order valence-electron chi connectivity index (χ1n) is 5.83. The van der Waals surface area contributed by atoms with Gasteiger partial charge in [0.2, 0.25) is 0 Å². The first kappa shape index (κ1) is 14.0. The van der Waals surface area contributed by atoms with Gasteiger partial charge in [0.25, 0.3) is 5.91 Å². The summed E-state index contributed by atoms with van der Waals surface area (Å²) in [6.45, 7) is 0. The molecule has 3 nitrogen and oxygen atoms in total. The highest BCUT2D eigenvalue weighted by atomic mass is 32.1. The van der Waals surface area contributed by atoms with Crippen molar-refractivity contribution >= 4 is 23.3 Å². The zero-order valence-corrected chi connectivity index (χ0v) is 11.5. The van der Waals surface area contributed by atoms with Gasteiger partial charge < -0.3 is 5.32 Å². The van der Waals surface area contributed by atoms with E-state index in [0.717, 1.165) is 15.3 Å². The molecule has 0 bridgehead atoms. The van der Waals surface area contributed by atoms with E-state index >= 15 is 0 Å². The predicted octanol–water partition coefficient (Wildman–Crippen LogP) is 3.21. The number of carbonyl (C=O) groups excluding carboxylic acids is 1. The van der Waals surface area contributed by atoms with E-state index in [4.69, 9.17) is 5.26 Å². The highest BCUT2D eigenvalue weighted by Crippen LogP contribution is 2.29. The molecule has 20 heavy (non-hydrogen) atoms. The molecule has 0 aliphatic rings. The van der Waals surface area contributed by atoms with E-state index in [1.54, 1.807) is 12.1 Å². The average Bonchev–Trinajstić information content (AvgIpc) is 2.93. The highest BCUT2D eigenvalue weighted by Gasteiger charge is 2.08. The topological polar surface area (TPSA) is 52.9 Å². The van der Waals surface area contributed by atoms with Crippen molar-refractivity contribution in [1.29, 1.82) is 5.26 Å². The minimum atomic E-state index is -0.413. The number of hydrogen-bond donors (Lipinski definition) is 1. The quantitative estimate of drug-likeness (QED) is 0.696. The summed E-state index contributed by atoms with van der Waals surface area (Å²) in [5.41, 5.74) is 0.953. The molecule has 1 aromatic carbocycles. The zero-order valence-electron chi connectivity index (χ0n) is 10.7. The Morgan fingerprint density at radius 3 is 2.60 bits per heavy atom. The number of halogens is 1. The van der Waals surface area contributed by atoms with Crippen LogP contribution in [0, 0.1) is 17.1 Å². The lowest BCUT2D eigenvalue weighted by Crippen LogP contribution is -2.18. The van der Waals surface area contributed by atoms with Crippen molar-refractivity contribution in [2.45, 2.75) is 0 Å². The summed E-state index contributed by atoms with van der Waals surface area (Å²) < 4.78 is 12.9. The van der Waals surface area contributed by atoms with Crippen LogP contribution in [0.15, 0.2) is 42.0 Å². The Balaban J connectivity index is 2.29. The predicted molar refractivity (Wildman–Crippen MR) is 77.4 cm³/mol. The van der Waals surface area contributed by atoms with Gasteiger partial charge in [-0.1, -0.05) is 12.1 Å². The van der Waals surface area contributed by atoms with E-state index in [2.05, 4.69) is 5.32 Å². The van der Waals surface area contributed by atoms with Gasteiger partial charge in [0.15, 0.2) is 0 Å². The van der Waals surface area contributed by atoms with Crippen LogP contribution in [-0.2, 0) is 4.79 Å². The van der Waals surface area contributed by atoms with Gasteiger partial charge in [-0.15, -0.1) is 11.3 Å². The fourth-order valence-electron chi connectivity index (χ4n) is 1.63. The molecule has 0 aliphatic heterocycles. The maximum Gasteiger partial charge on any atom is 0.261 e. The molecule has 0 saturated heterocycles. The molecule has 1 N–H and O–H groups in total. The number of likely N-dealkylation sites (N-methyl/N-ethyl adjacent to an activating group) is 1. The Labute approximate surface area is 120 Å². The van der Waals surface area contributed by atoms with Crippen molar-refractivity contribution in [3.05, 3.63) is 52.7 Å². The molecule has 0 unspecified atom stereocenters. The van der Waals surface area contributed by atoms with Gasteiger partial charge in [0.1, 0.15) is 17.5 Å². The molecule has 1 heterocycles. The monoisotopic (exact) mass is 286 g/mol. The van der Waals surface area contributed by atoms with Gasteiger partial charge >= 0.3 is 0 Å². The van der Waals surface area contributed by atoms with Crippen LogP contribution in [0.5, 0.6) is 0 Å². The second kappa shape index (κ2) is 6.13. The van der Waals surface area contributed by atoms with Crippen LogP contribution in [0.25, 0.3) is 16.5 Å². The molecule has 0 saturated carbocycles. The lowest BCUT2D eigenvalue weighted by molar-refractivity contribution is -0.116. The molecule has 0 atom stereocenters. The number of nitrogens with one attached hydrogen (secondary N) is 1. The Morgan fingerprint density at radius 2 is 2.00 bits per heavy atom. The van der Waals surface area contributed by atoms with Gasteiger partial charge in [-0.2, -0.15) is 5.26 Å². The Kier molecular flexibility index (Phi) is 4.28. The van der Waals surface area contributed by atoms with Crippen molar-refractivity contribution in [1.82, 2.24) is 5.32 Å². The molecule has 1 aromatic heterocycles. The van der Waals surface area contributed by atoms with E-state index in [1.165, 1.54) is 36.6 Å². The summed E-state index contributed by atoms with van der Waals surface area (Å²) in [5, 5.41) is 11.3. The summed E-state index contributed by atoms with van der Waals surface area (Å²) in [4.78, 5) is 13.2. The molecule has 0 fully saturated rings. The fourth-order valence-corrected chi connectivity index (χ4v) is 2.58. The molecule has 2 aromatic rings. The Morgan fingerprint density at radius 1 is 1.30 bits per heavy atom. The SMILES string of the molecule is CNC(=O)/C(C#N)=C/c1ccc(-c2ccc(F)cc2)s1. The Bertz CT molecular complexity index is 695. The smallest absolute Gasteiger partial charge is 0.261 e. The molecule has 0 radical (unpaired) electrons. The zero-order chi connectivity index (χ0) is 14.5. The number of amides is 1. The molecule has 100 valence electrons. The molecule has 1 amide bonds. The number of nitrogens with zero attached hydrogens (tertiary/aromatic N) is 1. The number of rotatable bonds is 3. The second-order valence-corrected chi connectivity index (χ2v) is 5.07. The number of thiophene rings is 1. The summed E-state index contributed by atoms with van der Waals surface area (Å²) in [7, 11) is 1.48. The van der Waals surface area contributed by atoms with Gasteiger partial charge in [0, 0.05) is 16.8 Å². The van der Waals surface area contributed by atoms with Crippen molar-refractivity contribution in [3.8, 4) is 16.5 Å². The molecular formula is C15H11FN2OS. The average molecular weight is 286 g/mol. The molecule has 5 heteroatoms. The van der Waals surface area contributed by atoms with Crippen LogP contribution in [0.4, 0.5) is 4.39 Å². The van der Waals surface area contributed by atoms with Crippen LogP contribution >= 0.6 is 11.3 Å². The summed E-state index contributed by atoms with van der Waals surface area (Å²) in [6.07, 6.45) is 1.54. The maximum atomic E-state index is 12.9. The first-order chi connectivity index (χ1) is 9.63. The van der Waals surface area contributed by atoms with Crippen LogP contribution in [-0.4, -0.2) is 13.0 Å². The first-order valence-corrected chi connectivity index (χ1v) is 6.65. The van der Waals surface area contributed by atoms with Crippen LogP contribution in [0.3, 0.4) is 0 Å². The van der Waals surface area contributed by atoms with E-state index < -0.39 is 5.91 Å². The van der Waals surface area contributed by atoms with Crippen LogP contribution in [0.1, 0.15) is 4.88 Å². The van der Waals surface area contributed by atoms with E-state index in [-0.39, 0.29) is 11.4 Å². The molecule has 0 spiro atoms. The third-order valence-corrected chi connectivity index (χ3v) is 3.72. The second-order valence-electron chi connectivity index (χ2n) is 3.96. The summed E-state index contributed by atoms with van der Waals surface area (Å²) >= 11 is 1.43. The van der Waals surface area contributed by atoms with Gasteiger partial charge in [0.05, 0.1) is 0 Å². The maximum absolute atomic E-state index is 12.9. The number of hydrogen-bond acceptors (Lipinski definition) is 3. The van der Waals surface area contributed by atoms with Crippen molar-refractivity contribution in [2.24, 2.45) is 0 Å². The van der Waals surface area contributed by atoms with Gasteiger partial charge in [-0.05, 0) is 35.9 Å². The molecular weight excluding hydrogens is 275 g/mol. The number of carbonyl (C=O) groups is 1. The van der Waals surface area contributed by atoms with Crippen LogP contribution < -0.4 is 5.32 Å². The van der Waals surface area contributed by atoms with E-state index in [0.29, 0.717) is 0 Å². The normalized spacial score (nSPS) is 10.9. The number of benzene rings is 1. The minimum absolute atomic E-state index is 0.0556. The third-order valence-electron chi connectivity index (χ3n) is 2.63. The standard InChI is InChI=1S/C15H11FN2OS/c1-18-15(19)11(9-17)8-13-6-7-14(20-13)10-2-4-12(16)5-3-10/h2-8H,1H3,(H,18,19)/b11-8+. The molecule has 0 aliphatic carbocycles. The van der Waals surface area contributed by atoms with Crippen molar-refractivity contribution < 1.29 is 9.18 Å². The lowest BCUT2D eigenvalue weighted by atomic mass is 10.2.